The first-order valence-corrected chi connectivity index (χ1v) is 11.8. The number of rotatable bonds is 6. The third-order valence-electron chi connectivity index (χ3n) is 4.69. The molecule has 1 aliphatic rings. The van der Waals surface area contributed by atoms with Crippen molar-refractivity contribution in [2.45, 2.75) is 24.9 Å². The van der Waals surface area contributed by atoms with Crippen LogP contribution in [0.1, 0.15) is 51.1 Å². The molecule has 2 aromatic carbocycles. The molecule has 1 aliphatic heterocycles. The van der Waals surface area contributed by atoms with Crippen LogP contribution in [-0.4, -0.2) is 41.3 Å². The third-order valence-corrected chi connectivity index (χ3v) is 7.71. The third kappa shape index (κ3) is 5.11. The van der Waals surface area contributed by atoms with Crippen LogP contribution in [0.4, 0.5) is 5.69 Å². The van der Waals surface area contributed by atoms with Gasteiger partial charge in [0.2, 0.25) is 0 Å². The second-order valence-corrected chi connectivity index (χ2v) is 9.29. The Kier molecular flexibility index (Phi) is 7.45. The number of hydrogen-bond acceptors (Lipinski definition) is 4. The average molecular weight is 415 g/mol. The zero-order valence-electron chi connectivity index (χ0n) is 16.3. The van der Waals surface area contributed by atoms with Crippen molar-refractivity contribution in [2.24, 2.45) is 0 Å². The van der Waals surface area contributed by atoms with E-state index in [9.17, 15) is 9.59 Å². The number of carbonyl (C=O) groups is 2. The first-order chi connectivity index (χ1) is 13.6. The highest BCUT2D eigenvalue weighted by Crippen LogP contribution is 2.43. The molecule has 6 heteroatoms. The van der Waals surface area contributed by atoms with Crippen LogP contribution in [0.2, 0.25) is 0 Å². The molecule has 0 radical (unpaired) electrons. The Bertz CT molecular complexity index is 814. The first-order valence-electron chi connectivity index (χ1n) is 9.66. The lowest BCUT2D eigenvalue weighted by Crippen LogP contribution is -2.30. The maximum absolute atomic E-state index is 12.6. The smallest absolute Gasteiger partial charge is 0.255 e. The Morgan fingerprint density at radius 3 is 2.32 bits per heavy atom. The van der Waals surface area contributed by atoms with E-state index in [4.69, 9.17) is 0 Å². The lowest BCUT2D eigenvalue weighted by molar-refractivity contribution is 0.0772. The van der Waals surface area contributed by atoms with Crippen molar-refractivity contribution in [3.63, 3.8) is 0 Å². The summed E-state index contributed by atoms with van der Waals surface area (Å²) in [5.74, 6) is 2.21. The van der Waals surface area contributed by atoms with Crippen LogP contribution in [0.25, 0.3) is 0 Å². The van der Waals surface area contributed by atoms with Crippen molar-refractivity contribution in [1.82, 2.24) is 4.90 Å². The van der Waals surface area contributed by atoms with Gasteiger partial charge in [0.15, 0.2) is 0 Å². The number of anilines is 1. The molecule has 0 spiro atoms. The summed E-state index contributed by atoms with van der Waals surface area (Å²) in [5.41, 5.74) is 3.10. The van der Waals surface area contributed by atoms with Gasteiger partial charge in [-0.25, -0.2) is 0 Å². The summed E-state index contributed by atoms with van der Waals surface area (Å²) < 4.78 is 0.466. The fourth-order valence-corrected chi connectivity index (χ4v) is 5.99. The number of carbonyl (C=O) groups excluding carboxylic acids is 2. The molecule has 1 saturated heterocycles. The number of nitrogens with zero attached hydrogens (tertiary/aromatic N) is 1. The fraction of sp³-hybridized carbons (Fsp3) is 0.364. The molecule has 1 N–H and O–H groups in total. The number of amides is 2. The van der Waals surface area contributed by atoms with Gasteiger partial charge in [0.05, 0.1) is 4.58 Å². The van der Waals surface area contributed by atoms with Crippen LogP contribution in [0.5, 0.6) is 0 Å². The highest BCUT2D eigenvalue weighted by atomic mass is 32.2. The van der Waals surface area contributed by atoms with Crippen LogP contribution in [0, 0.1) is 0 Å². The Labute approximate surface area is 175 Å². The van der Waals surface area contributed by atoms with Crippen molar-refractivity contribution in [3.05, 3.63) is 65.2 Å². The van der Waals surface area contributed by atoms with Gasteiger partial charge in [-0.3, -0.25) is 9.59 Å². The maximum atomic E-state index is 12.6. The molecule has 0 aromatic heterocycles. The predicted molar refractivity (Wildman–Crippen MR) is 120 cm³/mol. The molecule has 2 aromatic rings. The van der Waals surface area contributed by atoms with Crippen LogP contribution < -0.4 is 5.32 Å². The van der Waals surface area contributed by atoms with E-state index in [0.29, 0.717) is 34.5 Å². The highest BCUT2D eigenvalue weighted by Gasteiger charge is 2.17. The Morgan fingerprint density at radius 2 is 1.68 bits per heavy atom. The lowest BCUT2D eigenvalue weighted by atomic mass is 10.1. The summed E-state index contributed by atoms with van der Waals surface area (Å²) in [6.45, 7) is 5.24. The predicted octanol–water partition coefficient (Wildman–Crippen LogP) is 5.29. The normalized spacial score (nSPS) is 14.5. The Hall–Kier alpha value is -1.92. The van der Waals surface area contributed by atoms with Gasteiger partial charge in [-0.15, -0.1) is 23.5 Å². The summed E-state index contributed by atoms with van der Waals surface area (Å²) >= 11 is 3.94. The van der Waals surface area contributed by atoms with Gasteiger partial charge in [0.1, 0.15) is 0 Å². The SMILES string of the molecule is CCN(CC)C(=O)c1cccc(NC(=O)c2ccc(C3SCCCS3)cc2)c1. The van der Waals surface area contributed by atoms with Gasteiger partial charge in [0, 0.05) is 29.9 Å². The number of hydrogen-bond donors (Lipinski definition) is 1. The van der Waals surface area contributed by atoms with Gasteiger partial charge < -0.3 is 10.2 Å². The first kappa shape index (κ1) is 20.8. The molecule has 0 bridgehead atoms. The largest absolute Gasteiger partial charge is 0.339 e. The standard InChI is InChI=1S/C22H26N2O2S2/c1-3-24(4-2)21(26)18-7-5-8-19(15-18)23-20(25)16-9-11-17(12-10-16)22-27-13-6-14-28-22/h5,7-12,15,22H,3-4,6,13-14H2,1-2H3,(H,23,25). The Balaban J connectivity index is 1.67. The molecule has 0 saturated carbocycles. The number of nitrogens with one attached hydrogen (secondary N) is 1. The molecular formula is C22H26N2O2S2. The minimum atomic E-state index is -0.164. The lowest BCUT2D eigenvalue weighted by Gasteiger charge is -2.21. The fourth-order valence-electron chi connectivity index (χ4n) is 3.10. The van der Waals surface area contributed by atoms with E-state index in [0.717, 1.165) is 0 Å². The zero-order chi connectivity index (χ0) is 19.9. The minimum absolute atomic E-state index is 0.0204. The van der Waals surface area contributed by atoms with Gasteiger partial charge in [-0.05, 0) is 67.7 Å². The molecule has 3 rings (SSSR count). The Morgan fingerprint density at radius 1 is 1.00 bits per heavy atom. The van der Waals surface area contributed by atoms with Crippen LogP contribution >= 0.6 is 23.5 Å². The van der Waals surface area contributed by atoms with Crippen molar-refractivity contribution in [1.29, 1.82) is 0 Å². The second-order valence-electron chi connectivity index (χ2n) is 6.56. The van der Waals surface area contributed by atoms with E-state index in [1.807, 2.05) is 61.6 Å². The topological polar surface area (TPSA) is 49.4 Å². The van der Waals surface area contributed by atoms with E-state index in [1.54, 1.807) is 29.2 Å². The molecule has 2 amide bonds. The van der Waals surface area contributed by atoms with Crippen LogP contribution in [0.3, 0.4) is 0 Å². The minimum Gasteiger partial charge on any atom is -0.339 e. The van der Waals surface area contributed by atoms with Crippen molar-refractivity contribution in [3.8, 4) is 0 Å². The van der Waals surface area contributed by atoms with Crippen molar-refractivity contribution < 1.29 is 9.59 Å². The summed E-state index contributed by atoms with van der Waals surface area (Å²) in [7, 11) is 0. The molecule has 28 heavy (non-hydrogen) atoms. The van der Waals surface area contributed by atoms with E-state index in [1.165, 1.54) is 23.5 Å². The summed E-state index contributed by atoms with van der Waals surface area (Å²) in [6, 6.07) is 15.0. The van der Waals surface area contributed by atoms with E-state index < -0.39 is 0 Å². The number of thioether (sulfide) groups is 2. The van der Waals surface area contributed by atoms with Gasteiger partial charge in [0.25, 0.3) is 11.8 Å². The maximum Gasteiger partial charge on any atom is 0.255 e. The molecular weight excluding hydrogens is 388 g/mol. The molecule has 0 unspecified atom stereocenters. The summed E-state index contributed by atoms with van der Waals surface area (Å²) in [5, 5.41) is 2.91. The van der Waals surface area contributed by atoms with Gasteiger partial charge >= 0.3 is 0 Å². The van der Waals surface area contributed by atoms with E-state index >= 15 is 0 Å². The van der Waals surface area contributed by atoms with Crippen LogP contribution in [0.15, 0.2) is 48.5 Å². The number of benzene rings is 2. The van der Waals surface area contributed by atoms with E-state index in [2.05, 4.69) is 5.32 Å². The zero-order valence-corrected chi connectivity index (χ0v) is 17.9. The van der Waals surface area contributed by atoms with Crippen molar-refractivity contribution in [2.75, 3.05) is 29.9 Å². The van der Waals surface area contributed by atoms with Gasteiger partial charge in [-0.1, -0.05) is 18.2 Å². The molecule has 0 atom stereocenters. The van der Waals surface area contributed by atoms with Gasteiger partial charge in [-0.2, -0.15) is 0 Å². The highest BCUT2D eigenvalue weighted by molar-refractivity contribution is 8.16. The molecule has 1 heterocycles. The monoisotopic (exact) mass is 414 g/mol. The quantitative estimate of drug-likeness (QED) is 0.698. The molecule has 148 valence electrons. The summed E-state index contributed by atoms with van der Waals surface area (Å²) in [4.78, 5) is 26.9. The van der Waals surface area contributed by atoms with E-state index in [-0.39, 0.29) is 11.8 Å². The molecule has 1 fully saturated rings. The average Bonchev–Trinajstić information content (AvgIpc) is 2.75. The summed E-state index contributed by atoms with van der Waals surface area (Å²) in [6.07, 6.45) is 1.27. The second kappa shape index (κ2) is 10.0. The molecule has 4 nitrogen and oxygen atoms in total. The molecule has 0 aliphatic carbocycles. The van der Waals surface area contributed by atoms with Crippen molar-refractivity contribution >= 4 is 41.0 Å². The van der Waals surface area contributed by atoms with Crippen LogP contribution in [-0.2, 0) is 0 Å².